The summed E-state index contributed by atoms with van der Waals surface area (Å²) >= 11 is 0. The van der Waals surface area contributed by atoms with Crippen LogP contribution in [0.4, 0.5) is 0 Å². The van der Waals surface area contributed by atoms with Crippen LogP contribution in [0.15, 0.2) is 24.3 Å². The molecule has 2 aromatic carbocycles. The van der Waals surface area contributed by atoms with Crippen molar-refractivity contribution in [3.05, 3.63) is 52.1 Å². The summed E-state index contributed by atoms with van der Waals surface area (Å²) in [7, 11) is -0.101. The second-order valence-electron chi connectivity index (χ2n) is 8.95. The molecular weight excluding hydrogens is 363 g/mol. The van der Waals surface area contributed by atoms with Gasteiger partial charge in [0.15, 0.2) is 0 Å². The Morgan fingerprint density at radius 2 is 0.800 bits per heavy atom. The van der Waals surface area contributed by atoms with Crippen molar-refractivity contribution >= 4 is 13.2 Å². The van der Waals surface area contributed by atoms with Crippen molar-refractivity contribution in [2.45, 2.75) is 86.5 Å². The van der Waals surface area contributed by atoms with Gasteiger partial charge in [0.1, 0.15) is 0 Å². The van der Waals surface area contributed by atoms with Crippen LogP contribution in [0.3, 0.4) is 0 Å². The van der Waals surface area contributed by atoms with E-state index in [9.17, 15) is 0 Å². The minimum absolute atomic E-state index is 0. The maximum Gasteiger partial charge on any atom is 0 e. The molecule has 0 saturated carbocycles. The molecule has 148 valence electrons. The predicted molar refractivity (Wildman–Crippen MR) is 114 cm³/mol. The van der Waals surface area contributed by atoms with Crippen LogP contribution >= 0.6 is 7.92 Å². The Kier molecular flexibility index (Phi) is 8.91. The Morgan fingerprint density at radius 1 is 0.560 bits per heavy atom. The number of hydrogen-bond acceptors (Lipinski definition) is 0. The summed E-state index contributed by atoms with van der Waals surface area (Å²) in [5.74, 6) is 0. The Bertz CT molecular complexity index is 552. The minimum Gasteiger partial charge on any atom is -0.731 e. The van der Waals surface area contributed by atoms with E-state index in [-0.39, 0.29) is 25.0 Å². The van der Waals surface area contributed by atoms with Gasteiger partial charge in [-0.15, -0.1) is 13.2 Å². The molecule has 0 bridgehead atoms. The molecule has 0 unspecified atom stereocenters. The van der Waals surface area contributed by atoms with Gasteiger partial charge in [0, 0.05) is 17.1 Å². The van der Waals surface area contributed by atoms with E-state index in [4.69, 9.17) is 0 Å². The molecule has 0 radical (unpaired) electrons. The normalized spacial score (nSPS) is 11.8. The SMILES string of the molecule is CC(C)(C)P([c-]1cccc1)C(C)(C)C.C[c-]1[c-](C)[c-](C)[c-](C)[c-]1C.[Fe]. The van der Waals surface area contributed by atoms with Crippen molar-refractivity contribution in [2.24, 2.45) is 0 Å². The van der Waals surface area contributed by atoms with E-state index < -0.39 is 0 Å². The molecule has 0 aliphatic rings. The third kappa shape index (κ3) is 6.09. The molecule has 0 fully saturated rings. The second-order valence-corrected chi connectivity index (χ2v) is 12.8. The van der Waals surface area contributed by atoms with E-state index in [2.05, 4.69) is 100 Å². The molecule has 2 heteroatoms. The smallest absolute Gasteiger partial charge is 0 e. The topological polar surface area (TPSA) is 0 Å². The maximum absolute atomic E-state index is 2.36. The largest absolute Gasteiger partial charge is 0.731 e. The van der Waals surface area contributed by atoms with Crippen molar-refractivity contribution in [3.8, 4) is 0 Å². The molecule has 0 aliphatic heterocycles. The number of hydrogen-bond donors (Lipinski definition) is 0. The van der Waals surface area contributed by atoms with Crippen molar-refractivity contribution in [2.75, 3.05) is 0 Å². The molecule has 0 spiro atoms. The molecule has 0 N–H and O–H groups in total. The fourth-order valence-electron chi connectivity index (χ4n) is 3.70. The first kappa shape index (κ1) is 24.6. The maximum atomic E-state index is 2.36. The van der Waals surface area contributed by atoms with E-state index in [0.717, 1.165) is 0 Å². The molecule has 0 nitrogen and oxygen atoms in total. The summed E-state index contributed by atoms with van der Waals surface area (Å²) in [4.78, 5) is 0. The standard InChI is InChI=1S/C13H22P.C10H15.Fe/c1-12(2,3)14(13(4,5)6)11-9-7-8-10-11;1-6-7(2)9(4)10(5)8(6)3;/h7-10H,1-6H3;1-5H3;/q-1;-5;. The quantitative estimate of drug-likeness (QED) is 0.273. The van der Waals surface area contributed by atoms with Gasteiger partial charge in [0.25, 0.3) is 0 Å². The zero-order valence-corrected chi connectivity index (χ0v) is 20.1. The van der Waals surface area contributed by atoms with Crippen LogP contribution in [0.1, 0.15) is 69.4 Å². The summed E-state index contributed by atoms with van der Waals surface area (Å²) in [6, 6.07) is 8.87. The predicted octanol–water partition coefficient (Wildman–Crippen LogP) is 7.05. The van der Waals surface area contributed by atoms with E-state index in [1.165, 1.54) is 27.8 Å². The summed E-state index contributed by atoms with van der Waals surface area (Å²) in [6.07, 6.45) is 0. The Balaban J connectivity index is 0.000000465. The van der Waals surface area contributed by atoms with Crippen LogP contribution in [0.5, 0.6) is 0 Å². The second kappa shape index (κ2) is 9.03. The Hall–Kier alpha value is -0.351. The molecule has 0 saturated heterocycles. The molecular formula is C23H37FeP-6. The first-order valence-corrected chi connectivity index (χ1v) is 10.3. The fourth-order valence-corrected chi connectivity index (χ4v) is 7.73. The van der Waals surface area contributed by atoms with Crippen molar-refractivity contribution < 1.29 is 17.1 Å². The van der Waals surface area contributed by atoms with E-state index in [1.807, 2.05) is 0 Å². The molecule has 2 aromatic rings. The Labute approximate surface area is 168 Å². The van der Waals surface area contributed by atoms with Crippen LogP contribution in [0, 0.1) is 34.6 Å². The van der Waals surface area contributed by atoms with Gasteiger partial charge >= 0.3 is 0 Å². The summed E-state index contributed by atoms with van der Waals surface area (Å²) in [6.45, 7) is 25.1. The minimum atomic E-state index is -0.101. The summed E-state index contributed by atoms with van der Waals surface area (Å²) in [5.41, 5.74) is 7.34. The third-order valence-corrected chi connectivity index (χ3v) is 8.56. The number of rotatable bonds is 1. The summed E-state index contributed by atoms with van der Waals surface area (Å²) < 4.78 is 0. The molecule has 2 rings (SSSR count). The average Bonchev–Trinajstić information content (AvgIpc) is 2.98. The molecule has 0 aromatic heterocycles. The van der Waals surface area contributed by atoms with E-state index >= 15 is 0 Å². The van der Waals surface area contributed by atoms with Gasteiger partial charge in [-0.25, -0.2) is 46.8 Å². The molecule has 0 heterocycles. The zero-order valence-electron chi connectivity index (χ0n) is 18.1. The van der Waals surface area contributed by atoms with Gasteiger partial charge in [-0.1, -0.05) is 41.5 Å². The molecule has 25 heavy (non-hydrogen) atoms. The fraction of sp³-hybridized carbons (Fsp3) is 0.565. The van der Waals surface area contributed by atoms with E-state index in [0.29, 0.717) is 10.3 Å². The Morgan fingerprint density at radius 3 is 1.00 bits per heavy atom. The third-order valence-electron chi connectivity index (χ3n) is 5.06. The van der Waals surface area contributed by atoms with Gasteiger partial charge < -0.3 is 27.8 Å². The van der Waals surface area contributed by atoms with Crippen molar-refractivity contribution in [3.63, 3.8) is 0 Å². The van der Waals surface area contributed by atoms with Crippen LogP contribution in [0.25, 0.3) is 0 Å². The van der Waals surface area contributed by atoms with Crippen molar-refractivity contribution in [1.29, 1.82) is 0 Å². The first-order valence-electron chi connectivity index (χ1n) is 9.00. The van der Waals surface area contributed by atoms with E-state index in [1.54, 1.807) is 5.30 Å². The molecule has 0 atom stereocenters. The van der Waals surface area contributed by atoms with Gasteiger partial charge in [-0.2, -0.15) is 12.1 Å². The summed E-state index contributed by atoms with van der Waals surface area (Å²) in [5, 5.41) is 2.32. The van der Waals surface area contributed by atoms with Crippen LogP contribution in [0.2, 0.25) is 0 Å². The van der Waals surface area contributed by atoms with Gasteiger partial charge in [0.2, 0.25) is 0 Å². The monoisotopic (exact) mass is 400 g/mol. The van der Waals surface area contributed by atoms with Crippen LogP contribution in [-0.2, 0) is 17.1 Å². The van der Waals surface area contributed by atoms with Crippen LogP contribution < -0.4 is 5.30 Å². The molecule has 0 amide bonds. The first-order chi connectivity index (χ1) is 10.8. The zero-order chi connectivity index (χ0) is 18.9. The average molecular weight is 400 g/mol. The van der Waals surface area contributed by atoms with Gasteiger partial charge in [-0.3, -0.25) is 0 Å². The van der Waals surface area contributed by atoms with Crippen LogP contribution in [-0.4, -0.2) is 10.3 Å². The molecule has 0 aliphatic carbocycles. The van der Waals surface area contributed by atoms with Gasteiger partial charge in [0.05, 0.1) is 0 Å². The van der Waals surface area contributed by atoms with Crippen molar-refractivity contribution in [1.82, 2.24) is 0 Å². The van der Waals surface area contributed by atoms with Gasteiger partial charge in [-0.05, 0) is 10.3 Å².